The summed E-state index contributed by atoms with van der Waals surface area (Å²) < 4.78 is 7.97. The van der Waals surface area contributed by atoms with Crippen molar-refractivity contribution < 1.29 is 4.74 Å². The number of nitrogens with one attached hydrogen (secondary N) is 1. The predicted octanol–water partition coefficient (Wildman–Crippen LogP) is 2.83. The molecule has 0 radical (unpaired) electrons. The van der Waals surface area contributed by atoms with E-state index in [0.29, 0.717) is 16.6 Å². The standard InChI is InChI=1S/C14H16Cl2N4O/c1-9-14(21-10(2)19-9,6-20-8-17-7-18-20)12-4-3-11(15)5-13(12)16/h3-5,7-10,19H,6H2,1-2H3. The van der Waals surface area contributed by atoms with Gasteiger partial charge in [0.1, 0.15) is 24.5 Å². The first-order valence-corrected chi connectivity index (χ1v) is 7.49. The van der Waals surface area contributed by atoms with E-state index < -0.39 is 5.60 Å². The highest BCUT2D eigenvalue weighted by molar-refractivity contribution is 6.35. The fraction of sp³-hybridized carbons (Fsp3) is 0.429. The van der Waals surface area contributed by atoms with Gasteiger partial charge in [0.05, 0.1) is 6.54 Å². The summed E-state index contributed by atoms with van der Waals surface area (Å²) in [6.07, 6.45) is 3.11. The molecule has 0 bridgehead atoms. The molecule has 0 spiro atoms. The van der Waals surface area contributed by atoms with Crippen LogP contribution in [0.1, 0.15) is 19.4 Å². The van der Waals surface area contributed by atoms with Gasteiger partial charge in [-0.05, 0) is 26.0 Å². The molecule has 7 heteroatoms. The van der Waals surface area contributed by atoms with Crippen molar-refractivity contribution in [2.24, 2.45) is 0 Å². The van der Waals surface area contributed by atoms with Crippen LogP contribution in [0.3, 0.4) is 0 Å². The minimum Gasteiger partial charge on any atom is -0.349 e. The van der Waals surface area contributed by atoms with Crippen molar-refractivity contribution in [2.45, 2.75) is 38.3 Å². The summed E-state index contributed by atoms with van der Waals surface area (Å²) in [5, 5.41) is 8.76. The largest absolute Gasteiger partial charge is 0.349 e. The maximum atomic E-state index is 6.41. The molecule has 1 fully saturated rings. The highest BCUT2D eigenvalue weighted by Crippen LogP contribution is 2.41. The van der Waals surface area contributed by atoms with Gasteiger partial charge < -0.3 is 4.74 Å². The first-order chi connectivity index (χ1) is 10.0. The Morgan fingerprint density at radius 2 is 2.19 bits per heavy atom. The van der Waals surface area contributed by atoms with Crippen LogP contribution < -0.4 is 5.32 Å². The van der Waals surface area contributed by atoms with E-state index in [1.807, 2.05) is 19.1 Å². The van der Waals surface area contributed by atoms with Gasteiger partial charge in [0, 0.05) is 21.7 Å². The van der Waals surface area contributed by atoms with Gasteiger partial charge in [-0.1, -0.05) is 29.3 Å². The quantitative estimate of drug-likeness (QED) is 0.942. The first kappa shape index (κ1) is 14.8. The number of benzene rings is 1. The van der Waals surface area contributed by atoms with Gasteiger partial charge >= 0.3 is 0 Å². The third-order valence-electron chi connectivity index (χ3n) is 3.82. The van der Waals surface area contributed by atoms with E-state index in [-0.39, 0.29) is 12.3 Å². The summed E-state index contributed by atoms with van der Waals surface area (Å²) >= 11 is 12.4. The number of rotatable bonds is 3. The van der Waals surface area contributed by atoms with E-state index in [1.165, 1.54) is 6.33 Å². The van der Waals surface area contributed by atoms with Crippen molar-refractivity contribution in [1.82, 2.24) is 20.1 Å². The second-order valence-electron chi connectivity index (χ2n) is 5.26. The molecule has 3 rings (SSSR count). The third kappa shape index (κ3) is 2.66. The maximum absolute atomic E-state index is 6.41. The second-order valence-corrected chi connectivity index (χ2v) is 6.10. The van der Waals surface area contributed by atoms with Crippen LogP contribution in [0.2, 0.25) is 10.0 Å². The lowest BCUT2D eigenvalue weighted by atomic mass is 9.87. The van der Waals surface area contributed by atoms with Crippen molar-refractivity contribution in [1.29, 1.82) is 0 Å². The summed E-state index contributed by atoms with van der Waals surface area (Å²) in [5.41, 5.74) is 0.280. The Kier molecular flexibility index (Phi) is 3.92. The van der Waals surface area contributed by atoms with Crippen LogP contribution in [-0.2, 0) is 16.9 Å². The fourth-order valence-corrected chi connectivity index (χ4v) is 3.45. The van der Waals surface area contributed by atoms with Crippen LogP contribution in [-0.4, -0.2) is 27.0 Å². The molecular weight excluding hydrogens is 311 g/mol. The van der Waals surface area contributed by atoms with Gasteiger partial charge in [-0.15, -0.1) is 0 Å². The Bertz CT molecular complexity index is 634. The number of nitrogens with zero attached hydrogens (tertiary/aromatic N) is 3. The zero-order chi connectivity index (χ0) is 15.0. The van der Waals surface area contributed by atoms with Gasteiger partial charge in [0.25, 0.3) is 0 Å². The molecule has 1 aromatic carbocycles. The molecule has 0 aliphatic carbocycles. The van der Waals surface area contributed by atoms with Crippen LogP contribution in [0.15, 0.2) is 30.9 Å². The van der Waals surface area contributed by atoms with Gasteiger partial charge in [-0.3, -0.25) is 5.32 Å². The molecule has 112 valence electrons. The van der Waals surface area contributed by atoms with Gasteiger partial charge in [0.2, 0.25) is 0 Å². The highest BCUT2D eigenvalue weighted by Gasteiger charge is 2.48. The van der Waals surface area contributed by atoms with Gasteiger partial charge in [-0.25, -0.2) is 9.67 Å². The molecule has 1 N–H and O–H groups in total. The van der Waals surface area contributed by atoms with Gasteiger partial charge in [-0.2, -0.15) is 5.10 Å². The molecule has 1 aromatic heterocycles. The Hall–Kier alpha value is -1.14. The van der Waals surface area contributed by atoms with E-state index in [2.05, 4.69) is 22.3 Å². The van der Waals surface area contributed by atoms with E-state index in [1.54, 1.807) is 17.1 Å². The van der Waals surface area contributed by atoms with Crippen molar-refractivity contribution in [2.75, 3.05) is 0 Å². The molecule has 1 aliphatic rings. The van der Waals surface area contributed by atoms with E-state index >= 15 is 0 Å². The molecular formula is C14H16Cl2N4O. The summed E-state index contributed by atoms with van der Waals surface area (Å²) in [4.78, 5) is 3.99. The van der Waals surface area contributed by atoms with Crippen molar-refractivity contribution in [3.8, 4) is 0 Å². The van der Waals surface area contributed by atoms with E-state index in [4.69, 9.17) is 27.9 Å². The molecule has 1 aliphatic heterocycles. The maximum Gasteiger partial charge on any atom is 0.137 e. The number of halogens is 2. The van der Waals surface area contributed by atoms with Crippen LogP contribution in [0.25, 0.3) is 0 Å². The smallest absolute Gasteiger partial charge is 0.137 e. The summed E-state index contributed by atoms with van der Waals surface area (Å²) in [7, 11) is 0. The topological polar surface area (TPSA) is 52.0 Å². The number of ether oxygens (including phenoxy) is 1. The molecule has 1 saturated heterocycles. The lowest BCUT2D eigenvalue weighted by Crippen LogP contribution is -2.43. The minimum absolute atomic E-state index is 0.0652. The molecule has 0 amide bonds. The summed E-state index contributed by atoms with van der Waals surface area (Å²) in [5.74, 6) is 0. The zero-order valence-electron chi connectivity index (χ0n) is 11.8. The van der Waals surface area contributed by atoms with Crippen LogP contribution in [0, 0.1) is 0 Å². The average Bonchev–Trinajstić information content (AvgIpc) is 2.99. The van der Waals surface area contributed by atoms with Crippen molar-refractivity contribution in [3.05, 3.63) is 46.5 Å². The van der Waals surface area contributed by atoms with Crippen LogP contribution in [0.5, 0.6) is 0 Å². The minimum atomic E-state index is -0.616. The SMILES string of the molecule is CC1NC(C)C(Cn2cncn2)(c2ccc(Cl)cc2Cl)O1. The van der Waals surface area contributed by atoms with E-state index in [9.17, 15) is 0 Å². The second kappa shape index (κ2) is 5.57. The van der Waals surface area contributed by atoms with Crippen LogP contribution in [0.4, 0.5) is 0 Å². The van der Waals surface area contributed by atoms with Crippen LogP contribution >= 0.6 is 23.2 Å². The lowest BCUT2D eigenvalue weighted by molar-refractivity contribution is -0.0584. The van der Waals surface area contributed by atoms with Crippen molar-refractivity contribution in [3.63, 3.8) is 0 Å². The molecule has 3 unspecified atom stereocenters. The average molecular weight is 327 g/mol. The highest BCUT2D eigenvalue weighted by atomic mass is 35.5. The van der Waals surface area contributed by atoms with Gasteiger partial charge in [0.15, 0.2) is 0 Å². The molecule has 0 saturated carbocycles. The molecule has 5 nitrogen and oxygen atoms in total. The Morgan fingerprint density at radius 3 is 2.76 bits per heavy atom. The van der Waals surface area contributed by atoms with E-state index in [0.717, 1.165) is 5.56 Å². The Labute approximate surface area is 133 Å². The zero-order valence-corrected chi connectivity index (χ0v) is 13.3. The molecule has 3 atom stereocenters. The number of hydrogen-bond acceptors (Lipinski definition) is 4. The normalized spacial score (nSPS) is 29.0. The monoisotopic (exact) mass is 326 g/mol. The first-order valence-electron chi connectivity index (χ1n) is 6.73. The number of aromatic nitrogens is 3. The number of hydrogen-bond donors (Lipinski definition) is 1. The molecule has 21 heavy (non-hydrogen) atoms. The fourth-order valence-electron chi connectivity index (χ4n) is 2.88. The molecule has 2 heterocycles. The Morgan fingerprint density at radius 1 is 1.38 bits per heavy atom. The lowest BCUT2D eigenvalue weighted by Gasteiger charge is -2.33. The molecule has 2 aromatic rings. The van der Waals surface area contributed by atoms with Crippen molar-refractivity contribution >= 4 is 23.2 Å². The predicted molar refractivity (Wildman–Crippen MR) is 81.3 cm³/mol. The Balaban J connectivity index is 2.07. The summed E-state index contributed by atoms with van der Waals surface area (Å²) in [6.45, 7) is 4.57. The summed E-state index contributed by atoms with van der Waals surface area (Å²) in [6, 6.07) is 5.54. The third-order valence-corrected chi connectivity index (χ3v) is 4.37.